The second kappa shape index (κ2) is 14.2. The molecule has 0 saturated carbocycles. The highest BCUT2D eigenvalue weighted by molar-refractivity contribution is 5.83. The third kappa shape index (κ3) is 9.33. The van der Waals surface area contributed by atoms with Gasteiger partial charge in [-0.05, 0) is 36.5 Å². The first-order chi connectivity index (χ1) is 17.1. The molecule has 0 saturated heterocycles. The van der Waals surface area contributed by atoms with Crippen molar-refractivity contribution in [1.82, 2.24) is 10.9 Å². The molecule has 3 rings (SSSR count). The van der Waals surface area contributed by atoms with Crippen molar-refractivity contribution in [2.75, 3.05) is 13.2 Å². The highest BCUT2D eigenvalue weighted by atomic mass is 16.5. The van der Waals surface area contributed by atoms with E-state index in [1.807, 2.05) is 78.9 Å². The van der Waals surface area contributed by atoms with Crippen LogP contribution in [0.5, 0.6) is 5.75 Å². The first-order valence-corrected chi connectivity index (χ1v) is 11.7. The molecule has 0 aliphatic rings. The molecule has 7 heteroatoms. The van der Waals surface area contributed by atoms with Gasteiger partial charge in [-0.25, -0.2) is 0 Å². The average molecular weight is 475 g/mol. The van der Waals surface area contributed by atoms with Crippen LogP contribution in [0.4, 0.5) is 0 Å². The number of carbonyl (C=O) groups is 3. The van der Waals surface area contributed by atoms with Gasteiger partial charge >= 0.3 is 5.97 Å². The topological polar surface area (TPSA) is 93.7 Å². The zero-order chi connectivity index (χ0) is 24.7. The highest BCUT2D eigenvalue weighted by Gasteiger charge is 2.10. The van der Waals surface area contributed by atoms with Crippen LogP contribution in [0.15, 0.2) is 84.9 Å². The number of hydrazine groups is 1. The maximum atomic E-state index is 12.1. The Morgan fingerprint density at radius 1 is 0.686 bits per heavy atom. The van der Waals surface area contributed by atoms with Crippen LogP contribution in [-0.4, -0.2) is 31.0 Å². The van der Waals surface area contributed by atoms with Gasteiger partial charge in [0.15, 0.2) is 6.61 Å². The Morgan fingerprint density at radius 3 is 2.11 bits per heavy atom. The fraction of sp³-hybridized carbons (Fsp3) is 0.250. The summed E-state index contributed by atoms with van der Waals surface area (Å²) in [6.07, 6.45) is 2.17. The van der Waals surface area contributed by atoms with E-state index in [9.17, 15) is 14.4 Å². The molecule has 0 radical (unpaired) electrons. The van der Waals surface area contributed by atoms with Gasteiger partial charge in [-0.2, -0.15) is 0 Å². The predicted octanol–water partition coefficient (Wildman–Crippen LogP) is 4.23. The minimum absolute atomic E-state index is 0.0943. The zero-order valence-corrected chi connectivity index (χ0v) is 19.6. The van der Waals surface area contributed by atoms with Gasteiger partial charge in [-0.1, -0.05) is 78.9 Å². The molecule has 0 fully saturated rings. The third-order valence-corrected chi connectivity index (χ3v) is 5.17. The first-order valence-electron chi connectivity index (χ1n) is 11.7. The van der Waals surface area contributed by atoms with Crippen LogP contribution in [-0.2, 0) is 25.5 Å². The zero-order valence-electron chi connectivity index (χ0n) is 19.6. The number of para-hydroxylation sites is 1. The van der Waals surface area contributed by atoms with Gasteiger partial charge in [-0.3, -0.25) is 25.2 Å². The molecule has 2 amide bonds. The van der Waals surface area contributed by atoms with Crippen molar-refractivity contribution in [2.24, 2.45) is 0 Å². The van der Waals surface area contributed by atoms with E-state index in [0.29, 0.717) is 18.8 Å². The molecule has 35 heavy (non-hydrogen) atoms. The fourth-order valence-electron chi connectivity index (χ4n) is 3.40. The van der Waals surface area contributed by atoms with Gasteiger partial charge in [0.2, 0.25) is 5.91 Å². The molecular formula is C28H30N2O5. The lowest BCUT2D eigenvalue weighted by atomic mass is 10.1. The molecule has 3 aromatic carbocycles. The normalized spacial score (nSPS) is 10.3. The Kier molecular flexibility index (Phi) is 10.3. The van der Waals surface area contributed by atoms with Crippen LogP contribution in [0.25, 0.3) is 11.1 Å². The van der Waals surface area contributed by atoms with E-state index in [1.165, 1.54) is 5.56 Å². The van der Waals surface area contributed by atoms with Crippen LogP contribution in [0.3, 0.4) is 0 Å². The number of benzene rings is 3. The van der Waals surface area contributed by atoms with E-state index < -0.39 is 5.91 Å². The van der Waals surface area contributed by atoms with Crippen molar-refractivity contribution in [3.05, 3.63) is 90.5 Å². The lowest BCUT2D eigenvalue weighted by Gasteiger charge is -2.12. The number of carbonyl (C=O) groups excluding carboxylic acids is 3. The molecule has 182 valence electrons. The summed E-state index contributed by atoms with van der Waals surface area (Å²) in [6.45, 7) is 0.100. The minimum atomic E-state index is -0.487. The second-order valence-electron chi connectivity index (χ2n) is 7.91. The number of aryl methyl sites for hydroxylation is 1. The highest BCUT2D eigenvalue weighted by Crippen LogP contribution is 2.29. The maximum absolute atomic E-state index is 12.1. The number of hydrogen-bond donors (Lipinski definition) is 2. The SMILES string of the molecule is O=C(CCCC(=O)OCCCc1ccccc1)NNC(=O)COc1ccccc1-c1ccccc1. The largest absolute Gasteiger partial charge is 0.483 e. The van der Waals surface area contributed by atoms with E-state index in [1.54, 1.807) is 6.07 Å². The molecule has 0 aliphatic carbocycles. The molecule has 0 aromatic heterocycles. The monoisotopic (exact) mass is 474 g/mol. The summed E-state index contributed by atoms with van der Waals surface area (Å²) in [5.41, 5.74) is 7.72. The molecule has 3 aromatic rings. The maximum Gasteiger partial charge on any atom is 0.305 e. The van der Waals surface area contributed by atoms with Gasteiger partial charge < -0.3 is 9.47 Å². The average Bonchev–Trinajstić information content (AvgIpc) is 2.90. The molecule has 0 unspecified atom stereocenters. The van der Waals surface area contributed by atoms with Gasteiger partial charge in [-0.15, -0.1) is 0 Å². The van der Waals surface area contributed by atoms with Crippen molar-refractivity contribution in [3.63, 3.8) is 0 Å². The van der Waals surface area contributed by atoms with Gasteiger partial charge in [0.05, 0.1) is 6.61 Å². The van der Waals surface area contributed by atoms with Crippen molar-refractivity contribution < 1.29 is 23.9 Å². The summed E-state index contributed by atoms with van der Waals surface area (Å²) in [5.74, 6) is -0.637. The lowest BCUT2D eigenvalue weighted by molar-refractivity contribution is -0.144. The number of hydrogen-bond acceptors (Lipinski definition) is 5. The Bertz CT molecular complexity index is 1090. The fourth-order valence-corrected chi connectivity index (χ4v) is 3.40. The van der Waals surface area contributed by atoms with Gasteiger partial charge in [0.1, 0.15) is 5.75 Å². The van der Waals surface area contributed by atoms with Gasteiger partial charge in [0, 0.05) is 18.4 Å². The number of esters is 1. The Balaban J connectivity index is 1.27. The smallest absolute Gasteiger partial charge is 0.305 e. The number of ether oxygens (including phenoxy) is 2. The van der Waals surface area contributed by atoms with E-state index in [4.69, 9.17) is 9.47 Å². The lowest BCUT2D eigenvalue weighted by Crippen LogP contribution is -2.43. The minimum Gasteiger partial charge on any atom is -0.483 e. The molecule has 2 N–H and O–H groups in total. The first kappa shape index (κ1) is 25.5. The van der Waals surface area contributed by atoms with E-state index >= 15 is 0 Å². The Morgan fingerprint density at radius 2 is 1.34 bits per heavy atom. The van der Waals surface area contributed by atoms with Crippen molar-refractivity contribution >= 4 is 17.8 Å². The summed E-state index contributed by atoms with van der Waals surface area (Å²) < 4.78 is 10.9. The molecule has 0 aliphatic heterocycles. The van der Waals surface area contributed by atoms with Crippen LogP contribution in [0, 0.1) is 0 Å². The van der Waals surface area contributed by atoms with Crippen LogP contribution in [0.2, 0.25) is 0 Å². The van der Waals surface area contributed by atoms with Crippen LogP contribution >= 0.6 is 0 Å². The Labute approximate surface area is 205 Å². The van der Waals surface area contributed by atoms with E-state index in [0.717, 1.165) is 24.0 Å². The quantitative estimate of drug-likeness (QED) is 0.233. The molecule has 0 bridgehead atoms. The molecule has 7 nitrogen and oxygen atoms in total. The molecule has 0 atom stereocenters. The number of nitrogens with one attached hydrogen (secondary N) is 2. The van der Waals surface area contributed by atoms with Crippen LogP contribution in [0.1, 0.15) is 31.2 Å². The van der Waals surface area contributed by atoms with Crippen LogP contribution < -0.4 is 15.6 Å². The third-order valence-electron chi connectivity index (χ3n) is 5.17. The van der Waals surface area contributed by atoms with Crippen molar-refractivity contribution in [3.8, 4) is 16.9 Å². The summed E-state index contributed by atoms with van der Waals surface area (Å²) in [7, 11) is 0. The Hall–Kier alpha value is -4.13. The molecule has 0 heterocycles. The summed E-state index contributed by atoms with van der Waals surface area (Å²) >= 11 is 0. The predicted molar refractivity (Wildman–Crippen MR) is 133 cm³/mol. The summed E-state index contributed by atoms with van der Waals surface area (Å²) in [6, 6.07) is 27.1. The number of amides is 2. The molecular weight excluding hydrogens is 444 g/mol. The van der Waals surface area contributed by atoms with E-state index in [-0.39, 0.29) is 31.3 Å². The standard InChI is InChI=1S/C28H30N2O5/c31-26(18-9-19-28(33)34-20-10-13-22-11-3-1-4-12-22)29-30-27(32)21-35-25-17-8-7-16-24(25)23-14-5-2-6-15-23/h1-8,11-12,14-17H,9-10,13,18-21H2,(H,29,31)(H,30,32). The van der Waals surface area contributed by atoms with Crippen molar-refractivity contribution in [2.45, 2.75) is 32.1 Å². The summed E-state index contributed by atoms with van der Waals surface area (Å²) in [4.78, 5) is 35.8. The number of rotatable bonds is 12. The van der Waals surface area contributed by atoms with Gasteiger partial charge in [0.25, 0.3) is 5.91 Å². The summed E-state index contributed by atoms with van der Waals surface area (Å²) in [5, 5.41) is 0. The second-order valence-corrected chi connectivity index (χ2v) is 7.91. The van der Waals surface area contributed by atoms with Crippen molar-refractivity contribution in [1.29, 1.82) is 0 Å². The van der Waals surface area contributed by atoms with E-state index in [2.05, 4.69) is 10.9 Å². The molecule has 0 spiro atoms.